The van der Waals surface area contributed by atoms with E-state index >= 15 is 0 Å². The van der Waals surface area contributed by atoms with E-state index in [0.717, 1.165) is 18.5 Å². The maximum atomic E-state index is 12.4. The minimum atomic E-state index is -0.251. The van der Waals surface area contributed by atoms with Gasteiger partial charge in [-0.25, -0.2) is 9.67 Å². The first-order valence-corrected chi connectivity index (χ1v) is 7.24. The molecular formula is C14H15N7O. The number of nitrogens with one attached hydrogen (secondary N) is 1. The summed E-state index contributed by atoms with van der Waals surface area (Å²) < 4.78 is 3.66. The highest BCUT2D eigenvalue weighted by atomic mass is 16.1. The molecule has 1 aliphatic rings. The Kier molecular flexibility index (Phi) is 2.88. The Labute approximate surface area is 126 Å². The van der Waals surface area contributed by atoms with Gasteiger partial charge in [-0.2, -0.15) is 0 Å². The summed E-state index contributed by atoms with van der Waals surface area (Å²) in [6.07, 6.45) is 7.54. The van der Waals surface area contributed by atoms with E-state index in [0.29, 0.717) is 17.4 Å². The Hall–Kier alpha value is -2.77. The molecule has 3 aromatic rings. The molecule has 1 fully saturated rings. The fourth-order valence-electron chi connectivity index (χ4n) is 2.46. The van der Waals surface area contributed by atoms with Crippen LogP contribution in [0.4, 0.5) is 0 Å². The van der Waals surface area contributed by atoms with Crippen molar-refractivity contribution < 1.29 is 4.79 Å². The van der Waals surface area contributed by atoms with Crippen molar-refractivity contribution in [2.75, 3.05) is 0 Å². The van der Waals surface area contributed by atoms with Gasteiger partial charge in [0.2, 0.25) is 0 Å². The Balaban J connectivity index is 1.54. The van der Waals surface area contributed by atoms with E-state index in [1.807, 2.05) is 28.4 Å². The molecule has 1 unspecified atom stereocenters. The molecule has 0 aliphatic heterocycles. The molecule has 1 amide bonds. The number of tetrazole rings is 1. The molecule has 0 aromatic carbocycles. The first kappa shape index (κ1) is 12.9. The molecule has 0 saturated heterocycles. The van der Waals surface area contributed by atoms with Crippen LogP contribution in [0.2, 0.25) is 0 Å². The third-order valence-electron chi connectivity index (χ3n) is 3.81. The highest BCUT2D eigenvalue weighted by molar-refractivity contribution is 5.95. The average molecular weight is 297 g/mol. The summed E-state index contributed by atoms with van der Waals surface area (Å²) >= 11 is 0. The Morgan fingerprint density at radius 1 is 1.41 bits per heavy atom. The van der Waals surface area contributed by atoms with Gasteiger partial charge >= 0.3 is 0 Å². The van der Waals surface area contributed by atoms with Gasteiger partial charge in [0.15, 0.2) is 5.82 Å². The summed E-state index contributed by atoms with van der Waals surface area (Å²) in [5.41, 5.74) is 1.30. The molecule has 1 aliphatic carbocycles. The van der Waals surface area contributed by atoms with E-state index in [1.165, 1.54) is 0 Å². The van der Waals surface area contributed by atoms with Gasteiger partial charge in [0.25, 0.3) is 5.91 Å². The molecule has 22 heavy (non-hydrogen) atoms. The summed E-state index contributed by atoms with van der Waals surface area (Å²) in [6, 6.07) is 3.65. The van der Waals surface area contributed by atoms with Crippen LogP contribution < -0.4 is 5.32 Å². The SMILES string of the molecule is CC(NC(=O)c1ccn2ccnc2c1)c1nnnn1C1CC1. The van der Waals surface area contributed by atoms with Crippen LogP contribution in [-0.4, -0.2) is 35.5 Å². The number of hydrogen-bond donors (Lipinski definition) is 1. The Morgan fingerprint density at radius 2 is 2.27 bits per heavy atom. The first-order chi connectivity index (χ1) is 10.7. The number of aromatic nitrogens is 6. The van der Waals surface area contributed by atoms with Crippen molar-refractivity contribution in [2.24, 2.45) is 0 Å². The van der Waals surface area contributed by atoms with Gasteiger partial charge in [-0.05, 0) is 42.3 Å². The van der Waals surface area contributed by atoms with Crippen LogP contribution in [0.15, 0.2) is 30.7 Å². The van der Waals surface area contributed by atoms with Crippen molar-refractivity contribution in [3.05, 3.63) is 42.1 Å². The average Bonchev–Trinajstić information content (AvgIpc) is 3.07. The Morgan fingerprint density at radius 3 is 3.09 bits per heavy atom. The van der Waals surface area contributed by atoms with Gasteiger partial charge in [-0.1, -0.05) is 0 Å². The molecule has 1 N–H and O–H groups in total. The number of carbonyl (C=O) groups excluding carboxylic acids is 1. The minimum Gasteiger partial charge on any atom is -0.342 e. The fourth-order valence-corrected chi connectivity index (χ4v) is 2.46. The minimum absolute atomic E-state index is 0.164. The van der Waals surface area contributed by atoms with Gasteiger partial charge in [0.05, 0.1) is 12.1 Å². The van der Waals surface area contributed by atoms with E-state index < -0.39 is 0 Å². The molecule has 3 heterocycles. The number of pyridine rings is 1. The molecule has 1 saturated carbocycles. The van der Waals surface area contributed by atoms with Crippen LogP contribution in [0.1, 0.15) is 48.0 Å². The number of fused-ring (bicyclic) bond motifs is 1. The lowest BCUT2D eigenvalue weighted by atomic mass is 10.2. The predicted octanol–water partition coefficient (Wildman–Crippen LogP) is 1.15. The number of rotatable bonds is 4. The zero-order valence-corrected chi connectivity index (χ0v) is 12.0. The van der Waals surface area contributed by atoms with E-state index in [4.69, 9.17) is 0 Å². The zero-order chi connectivity index (χ0) is 15.1. The smallest absolute Gasteiger partial charge is 0.252 e. The molecule has 0 bridgehead atoms. The van der Waals surface area contributed by atoms with E-state index in [1.54, 1.807) is 18.3 Å². The van der Waals surface area contributed by atoms with Gasteiger partial charge in [0, 0.05) is 24.2 Å². The van der Waals surface area contributed by atoms with Crippen LogP contribution in [0, 0.1) is 0 Å². The molecule has 3 aromatic heterocycles. The molecule has 4 rings (SSSR count). The van der Waals surface area contributed by atoms with Crippen molar-refractivity contribution in [3.63, 3.8) is 0 Å². The lowest BCUT2D eigenvalue weighted by Gasteiger charge is -2.13. The standard InChI is InChI=1S/C14H15N7O/c1-9(13-17-18-19-21(13)11-2-3-11)16-14(22)10-4-6-20-7-5-15-12(20)8-10/h4-9,11H,2-3H2,1H3,(H,16,22). The third-order valence-corrected chi connectivity index (χ3v) is 3.81. The molecule has 1 atom stereocenters. The second kappa shape index (κ2) is 4.90. The summed E-state index contributed by atoms with van der Waals surface area (Å²) in [4.78, 5) is 16.6. The number of hydrogen-bond acceptors (Lipinski definition) is 5. The lowest BCUT2D eigenvalue weighted by Crippen LogP contribution is -2.29. The second-order valence-corrected chi connectivity index (χ2v) is 5.52. The van der Waals surface area contributed by atoms with Gasteiger partial charge < -0.3 is 9.72 Å². The maximum Gasteiger partial charge on any atom is 0.252 e. The summed E-state index contributed by atoms with van der Waals surface area (Å²) in [7, 11) is 0. The van der Waals surface area contributed by atoms with Crippen molar-refractivity contribution in [1.29, 1.82) is 0 Å². The zero-order valence-electron chi connectivity index (χ0n) is 12.0. The molecule has 8 nitrogen and oxygen atoms in total. The number of carbonyl (C=O) groups is 1. The maximum absolute atomic E-state index is 12.4. The normalized spacial score (nSPS) is 15.9. The quantitative estimate of drug-likeness (QED) is 0.780. The summed E-state index contributed by atoms with van der Waals surface area (Å²) in [5.74, 6) is 0.529. The van der Waals surface area contributed by atoms with E-state index in [9.17, 15) is 4.79 Å². The number of amides is 1. The van der Waals surface area contributed by atoms with E-state index in [-0.39, 0.29) is 11.9 Å². The third kappa shape index (κ3) is 2.22. The lowest BCUT2D eigenvalue weighted by molar-refractivity contribution is 0.0937. The second-order valence-electron chi connectivity index (χ2n) is 5.52. The molecule has 0 radical (unpaired) electrons. The van der Waals surface area contributed by atoms with Gasteiger partial charge in [-0.3, -0.25) is 4.79 Å². The van der Waals surface area contributed by atoms with Gasteiger partial charge in [-0.15, -0.1) is 5.10 Å². The molecule has 8 heteroatoms. The molecular weight excluding hydrogens is 282 g/mol. The largest absolute Gasteiger partial charge is 0.342 e. The van der Waals surface area contributed by atoms with E-state index in [2.05, 4.69) is 25.8 Å². The number of imidazole rings is 1. The highest BCUT2D eigenvalue weighted by Crippen LogP contribution is 2.35. The highest BCUT2D eigenvalue weighted by Gasteiger charge is 2.30. The van der Waals surface area contributed by atoms with Crippen LogP contribution in [-0.2, 0) is 0 Å². The van der Waals surface area contributed by atoms with Crippen molar-refractivity contribution in [3.8, 4) is 0 Å². The summed E-state index contributed by atoms with van der Waals surface area (Å²) in [5, 5.41) is 14.7. The topological polar surface area (TPSA) is 90.0 Å². The Bertz CT molecular complexity index is 832. The molecule has 0 spiro atoms. The first-order valence-electron chi connectivity index (χ1n) is 7.24. The van der Waals surface area contributed by atoms with Crippen LogP contribution >= 0.6 is 0 Å². The summed E-state index contributed by atoms with van der Waals surface area (Å²) in [6.45, 7) is 1.89. The fraction of sp³-hybridized carbons (Fsp3) is 0.357. The van der Waals surface area contributed by atoms with Crippen molar-refractivity contribution >= 4 is 11.6 Å². The predicted molar refractivity (Wildman–Crippen MR) is 77.2 cm³/mol. The van der Waals surface area contributed by atoms with Crippen molar-refractivity contribution in [2.45, 2.75) is 31.8 Å². The van der Waals surface area contributed by atoms with Crippen LogP contribution in [0.3, 0.4) is 0 Å². The molecule has 112 valence electrons. The monoisotopic (exact) mass is 297 g/mol. The number of nitrogens with zero attached hydrogens (tertiary/aromatic N) is 6. The van der Waals surface area contributed by atoms with Crippen LogP contribution in [0.5, 0.6) is 0 Å². The van der Waals surface area contributed by atoms with Crippen molar-refractivity contribution in [1.82, 2.24) is 34.9 Å². The van der Waals surface area contributed by atoms with Gasteiger partial charge in [0.1, 0.15) is 5.65 Å². The van der Waals surface area contributed by atoms with Crippen LogP contribution in [0.25, 0.3) is 5.65 Å².